The summed E-state index contributed by atoms with van der Waals surface area (Å²) in [6, 6.07) is -0.740. The summed E-state index contributed by atoms with van der Waals surface area (Å²) in [7, 11) is 5.38. The van der Waals surface area contributed by atoms with Crippen LogP contribution in [0.15, 0.2) is 85.1 Å². The maximum atomic E-state index is 12.7. The third kappa shape index (κ3) is 41.6. The van der Waals surface area contributed by atoms with Crippen molar-refractivity contribution in [2.45, 2.75) is 193 Å². The summed E-state index contributed by atoms with van der Waals surface area (Å²) in [5, 5.41) is 11.6. The zero-order chi connectivity index (χ0) is 44.9. The van der Waals surface area contributed by atoms with Gasteiger partial charge in [0, 0.05) is 19.3 Å². The zero-order valence-electron chi connectivity index (χ0n) is 39.5. The van der Waals surface area contributed by atoms with Crippen molar-refractivity contribution in [3.8, 4) is 0 Å². The highest BCUT2D eigenvalue weighted by Gasteiger charge is 2.25. The van der Waals surface area contributed by atoms with Crippen LogP contribution in [0.4, 0.5) is 0 Å². The van der Waals surface area contributed by atoms with E-state index in [-0.39, 0.29) is 49.1 Å². The van der Waals surface area contributed by atoms with Crippen LogP contribution < -0.4 is 5.11 Å². The Morgan fingerprint density at radius 3 is 1.41 bits per heavy atom. The fourth-order valence-electron chi connectivity index (χ4n) is 6.55. The number of esters is 2. The van der Waals surface area contributed by atoms with Gasteiger partial charge in [0.1, 0.15) is 12.6 Å². The number of carboxylic acid groups (broad SMARTS) is 1. The summed E-state index contributed by atoms with van der Waals surface area (Å²) >= 11 is 0. The minimum absolute atomic E-state index is 0.0135. The van der Waals surface area contributed by atoms with Gasteiger partial charge in [-0.25, -0.2) is 0 Å². The van der Waals surface area contributed by atoms with Crippen molar-refractivity contribution >= 4 is 17.9 Å². The van der Waals surface area contributed by atoms with Crippen LogP contribution in [-0.4, -0.2) is 75.5 Å². The van der Waals surface area contributed by atoms with Crippen molar-refractivity contribution < 1.29 is 38.2 Å². The van der Waals surface area contributed by atoms with E-state index in [0.717, 1.165) is 64.2 Å². The largest absolute Gasteiger partial charge is 0.544 e. The molecule has 61 heavy (non-hydrogen) atoms. The van der Waals surface area contributed by atoms with E-state index in [0.29, 0.717) is 12.8 Å². The molecular formula is C53H89NO7. The first kappa shape index (κ1) is 57.5. The fraction of sp³-hybridized carbons (Fsp3) is 0.679. The van der Waals surface area contributed by atoms with Crippen molar-refractivity contribution in [1.82, 2.24) is 0 Å². The molecule has 0 amide bonds. The Kier molecular flexibility index (Phi) is 40.7. The summed E-state index contributed by atoms with van der Waals surface area (Å²) in [6.07, 6.45) is 56.2. The minimum atomic E-state index is -1.14. The smallest absolute Gasteiger partial charge is 0.306 e. The molecule has 0 N–H and O–H groups in total. The SMILES string of the molecule is CC/C=C/C/C=C/C/C=C/CCCCCCCCCCCCC(=O)OCC(COCCC(C(=O)[O-])[N+](C)(C)C)OC(=O)CCC/C=C/C/C=C/C/C=C/C/C=C/CCCCC. The standard InChI is InChI=1S/C53H89NO7/c1-6-8-10-12-14-16-18-20-22-24-25-26-28-29-31-33-35-37-39-41-43-51(55)60-48-49(47-59-46-45-50(53(57)58)54(3,4)5)61-52(56)44-42-40-38-36-34-32-30-27-23-21-19-17-15-13-11-9-7-2/h8,10,14-17,20-23,30,32,36,38,49-50H,6-7,9,11-13,18-19,24-29,31,33-35,37,39-48H2,1-5H3/b10-8+,16-14+,17-15+,22-20+,23-21+,32-30+,38-36+. The van der Waals surface area contributed by atoms with Crippen LogP contribution in [0.25, 0.3) is 0 Å². The Morgan fingerprint density at radius 2 is 0.934 bits per heavy atom. The lowest BCUT2D eigenvalue weighted by Gasteiger charge is -2.34. The van der Waals surface area contributed by atoms with E-state index in [2.05, 4.69) is 98.9 Å². The topological polar surface area (TPSA) is 102 Å². The van der Waals surface area contributed by atoms with E-state index in [9.17, 15) is 19.5 Å². The molecule has 0 fully saturated rings. The third-order valence-corrected chi connectivity index (χ3v) is 10.3. The lowest BCUT2D eigenvalue weighted by atomic mass is 10.1. The molecule has 2 atom stereocenters. The highest BCUT2D eigenvalue weighted by molar-refractivity contribution is 5.70. The van der Waals surface area contributed by atoms with Gasteiger partial charge in [-0.05, 0) is 83.5 Å². The number of aliphatic carboxylic acids is 1. The lowest BCUT2D eigenvalue weighted by Crippen LogP contribution is -2.55. The summed E-state index contributed by atoms with van der Waals surface area (Å²) < 4.78 is 17.1. The summed E-state index contributed by atoms with van der Waals surface area (Å²) in [5.74, 6) is -1.82. The second kappa shape index (κ2) is 43.2. The van der Waals surface area contributed by atoms with Crippen molar-refractivity contribution in [3.63, 3.8) is 0 Å². The number of ether oxygens (including phenoxy) is 3. The molecule has 0 spiro atoms. The van der Waals surface area contributed by atoms with Crippen LogP contribution in [0.5, 0.6) is 0 Å². The number of carbonyl (C=O) groups excluding carboxylic acids is 3. The van der Waals surface area contributed by atoms with Gasteiger partial charge in [0.15, 0.2) is 6.10 Å². The zero-order valence-corrected chi connectivity index (χ0v) is 39.5. The van der Waals surface area contributed by atoms with Crippen molar-refractivity contribution in [3.05, 3.63) is 85.1 Å². The van der Waals surface area contributed by atoms with Gasteiger partial charge in [0.25, 0.3) is 0 Å². The van der Waals surface area contributed by atoms with E-state index in [4.69, 9.17) is 14.2 Å². The van der Waals surface area contributed by atoms with E-state index >= 15 is 0 Å². The molecule has 0 aliphatic heterocycles. The van der Waals surface area contributed by atoms with Crippen molar-refractivity contribution in [2.24, 2.45) is 0 Å². The fourth-order valence-corrected chi connectivity index (χ4v) is 6.55. The molecule has 0 radical (unpaired) electrons. The molecule has 0 aliphatic rings. The Labute approximate surface area is 373 Å². The van der Waals surface area contributed by atoms with Crippen LogP contribution in [0, 0.1) is 0 Å². The quantitative estimate of drug-likeness (QED) is 0.0261. The number of rotatable bonds is 42. The predicted octanol–water partition coefficient (Wildman–Crippen LogP) is 12.4. The number of carbonyl (C=O) groups is 3. The molecule has 0 aromatic heterocycles. The molecule has 2 unspecified atom stereocenters. The number of nitrogens with zero attached hydrogens (tertiary/aromatic N) is 1. The van der Waals surface area contributed by atoms with Gasteiger partial charge in [0.2, 0.25) is 0 Å². The molecule has 348 valence electrons. The average molecular weight is 852 g/mol. The van der Waals surface area contributed by atoms with E-state index in [1.807, 2.05) is 0 Å². The third-order valence-electron chi connectivity index (χ3n) is 10.3. The molecule has 0 rings (SSSR count). The normalized spacial score (nSPS) is 13.7. The second-order valence-electron chi connectivity index (χ2n) is 17.0. The number of unbranched alkanes of at least 4 members (excludes halogenated alkanes) is 14. The maximum absolute atomic E-state index is 12.7. The molecule has 0 saturated heterocycles. The van der Waals surface area contributed by atoms with Gasteiger partial charge < -0.3 is 28.6 Å². The predicted molar refractivity (Wildman–Crippen MR) is 254 cm³/mol. The number of hydrogen-bond donors (Lipinski definition) is 0. The first-order valence-electron chi connectivity index (χ1n) is 24.1. The molecule has 8 nitrogen and oxygen atoms in total. The van der Waals surface area contributed by atoms with Crippen LogP contribution in [0.1, 0.15) is 181 Å². The molecule has 0 aromatic rings. The van der Waals surface area contributed by atoms with Gasteiger partial charge in [-0.2, -0.15) is 0 Å². The van der Waals surface area contributed by atoms with Crippen LogP contribution in [0.3, 0.4) is 0 Å². The van der Waals surface area contributed by atoms with Crippen molar-refractivity contribution in [2.75, 3.05) is 41.0 Å². The van der Waals surface area contributed by atoms with E-state index in [1.54, 1.807) is 21.1 Å². The van der Waals surface area contributed by atoms with Crippen LogP contribution >= 0.6 is 0 Å². The van der Waals surface area contributed by atoms with Gasteiger partial charge in [-0.3, -0.25) is 9.59 Å². The van der Waals surface area contributed by atoms with Crippen LogP contribution in [0.2, 0.25) is 0 Å². The Bertz CT molecular complexity index is 1270. The van der Waals surface area contributed by atoms with E-state index in [1.165, 1.54) is 77.0 Å². The van der Waals surface area contributed by atoms with E-state index < -0.39 is 18.1 Å². The van der Waals surface area contributed by atoms with Crippen LogP contribution in [-0.2, 0) is 28.6 Å². The Balaban J connectivity index is 4.37. The Hall–Kier alpha value is -3.49. The summed E-state index contributed by atoms with van der Waals surface area (Å²) in [6.45, 7) is 4.46. The number of allylic oxidation sites excluding steroid dienone is 14. The monoisotopic (exact) mass is 852 g/mol. The highest BCUT2D eigenvalue weighted by atomic mass is 16.6. The Morgan fingerprint density at radius 1 is 0.508 bits per heavy atom. The summed E-state index contributed by atoms with van der Waals surface area (Å²) in [5.41, 5.74) is 0. The molecule has 0 saturated carbocycles. The number of likely N-dealkylation sites (N-methyl/N-ethyl adjacent to an activating group) is 1. The molecule has 0 bridgehead atoms. The summed E-state index contributed by atoms with van der Waals surface area (Å²) in [4.78, 5) is 36.9. The second-order valence-corrected chi connectivity index (χ2v) is 17.0. The maximum Gasteiger partial charge on any atom is 0.306 e. The van der Waals surface area contributed by atoms with Crippen molar-refractivity contribution in [1.29, 1.82) is 0 Å². The molecule has 8 heteroatoms. The first-order valence-corrected chi connectivity index (χ1v) is 24.1. The minimum Gasteiger partial charge on any atom is -0.544 e. The molecule has 0 aromatic carbocycles. The molecule has 0 aliphatic carbocycles. The first-order chi connectivity index (χ1) is 29.6. The lowest BCUT2D eigenvalue weighted by molar-refractivity contribution is -0.889. The number of quaternary nitrogens is 1. The van der Waals surface area contributed by atoms with Gasteiger partial charge >= 0.3 is 11.9 Å². The van der Waals surface area contributed by atoms with Gasteiger partial charge in [0.05, 0.1) is 40.3 Å². The number of carboxylic acids is 1. The number of hydrogen-bond acceptors (Lipinski definition) is 7. The molecular weight excluding hydrogens is 763 g/mol. The highest BCUT2D eigenvalue weighted by Crippen LogP contribution is 2.14. The molecule has 0 heterocycles. The van der Waals surface area contributed by atoms with Gasteiger partial charge in [-0.15, -0.1) is 0 Å². The average Bonchev–Trinajstić information content (AvgIpc) is 3.22. The van der Waals surface area contributed by atoms with Gasteiger partial charge in [-0.1, -0.05) is 163 Å².